The van der Waals surface area contributed by atoms with Gasteiger partial charge in [0, 0.05) is 42.8 Å². The monoisotopic (exact) mass is 394 g/mol. The van der Waals surface area contributed by atoms with Crippen LogP contribution in [0.2, 0.25) is 0 Å². The van der Waals surface area contributed by atoms with Crippen LogP contribution in [0.3, 0.4) is 0 Å². The normalized spacial score (nSPS) is 17.0. The number of rotatable bonds is 5. The molecule has 0 spiro atoms. The summed E-state index contributed by atoms with van der Waals surface area (Å²) < 4.78 is 11.3. The highest BCUT2D eigenvalue weighted by Crippen LogP contribution is 2.25. The molecule has 8 heteroatoms. The van der Waals surface area contributed by atoms with E-state index < -0.39 is 6.04 Å². The number of piperazine rings is 1. The summed E-state index contributed by atoms with van der Waals surface area (Å²) in [4.78, 5) is 36.8. The third kappa shape index (κ3) is 3.65. The van der Waals surface area contributed by atoms with Gasteiger partial charge >= 0.3 is 0 Å². The number of hydrogen-bond donors (Lipinski definition) is 0. The second-order valence-electron chi connectivity index (χ2n) is 6.86. The zero-order chi connectivity index (χ0) is 20.4. The topological polar surface area (TPSA) is 88.8 Å². The number of aromatic nitrogens is 2. The van der Waals surface area contributed by atoms with Crippen molar-refractivity contribution in [1.82, 2.24) is 19.8 Å². The first kappa shape index (κ1) is 18.9. The fourth-order valence-corrected chi connectivity index (χ4v) is 3.50. The average Bonchev–Trinajstić information content (AvgIpc) is 3.23. The number of amides is 2. The number of hydrogen-bond acceptors (Lipinski definition) is 6. The van der Waals surface area contributed by atoms with Crippen molar-refractivity contribution in [1.29, 1.82) is 0 Å². The Balaban J connectivity index is 1.44. The Kier molecular flexibility index (Phi) is 5.16. The minimum absolute atomic E-state index is 0.0513. The average molecular weight is 394 g/mol. The van der Waals surface area contributed by atoms with Gasteiger partial charge < -0.3 is 19.0 Å². The molecule has 1 saturated heterocycles. The maximum absolute atomic E-state index is 12.8. The van der Waals surface area contributed by atoms with Crippen molar-refractivity contribution in [2.75, 3.05) is 19.6 Å². The Morgan fingerprint density at radius 1 is 1.31 bits per heavy atom. The van der Waals surface area contributed by atoms with E-state index in [1.54, 1.807) is 24.2 Å². The first-order valence-corrected chi connectivity index (χ1v) is 9.58. The van der Waals surface area contributed by atoms with Gasteiger partial charge in [0.25, 0.3) is 5.91 Å². The van der Waals surface area contributed by atoms with Crippen LogP contribution in [0.5, 0.6) is 5.75 Å². The van der Waals surface area contributed by atoms with E-state index in [1.165, 1.54) is 11.2 Å². The van der Waals surface area contributed by atoms with E-state index >= 15 is 0 Å². The summed E-state index contributed by atoms with van der Waals surface area (Å²) in [6, 6.07) is 7.06. The number of benzene rings is 1. The number of likely N-dealkylation sites (N-methyl/N-ethyl adjacent to an activating group) is 1. The summed E-state index contributed by atoms with van der Waals surface area (Å²) in [5.74, 6) is 0.619. The van der Waals surface area contributed by atoms with Gasteiger partial charge in [-0.15, -0.1) is 0 Å². The number of fused-ring (bicyclic) bond motifs is 1. The van der Waals surface area contributed by atoms with E-state index in [4.69, 9.17) is 9.15 Å². The highest BCUT2D eigenvalue weighted by molar-refractivity contribution is 5.96. The maximum atomic E-state index is 12.8. The zero-order valence-corrected chi connectivity index (χ0v) is 16.4. The largest absolute Gasteiger partial charge is 0.483 e. The van der Waals surface area contributed by atoms with Gasteiger partial charge in [-0.1, -0.05) is 12.1 Å². The summed E-state index contributed by atoms with van der Waals surface area (Å²) in [7, 11) is 0. The van der Waals surface area contributed by atoms with E-state index in [2.05, 4.69) is 9.97 Å². The Hall–Kier alpha value is -3.42. The Morgan fingerprint density at radius 2 is 2.17 bits per heavy atom. The maximum Gasteiger partial charge on any atom is 0.276 e. The highest BCUT2D eigenvalue weighted by atomic mass is 16.5. The molecule has 150 valence electrons. The van der Waals surface area contributed by atoms with Gasteiger partial charge in [0.2, 0.25) is 11.8 Å². The number of pyridine rings is 1. The van der Waals surface area contributed by atoms with Crippen LogP contribution in [0.25, 0.3) is 10.8 Å². The molecular formula is C21H22N4O4. The third-order valence-electron chi connectivity index (χ3n) is 5.15. The molecule has 0 radical (unpaired) electrons. The smallest absolute Gasteiger partial charge is 0.276 e. The molecule has 2 amide bonds. The van der Waals surface area contributed by atoms with Gasteiger partial charge in [-0.25, -0.2) is 4.98 Å². The van der Waals surface area contributed by atoms with Crippen LogP contribution in [0.1, 0.15) is 30.2 Å². The fourth-order valence-electron chi connectivity index (χ4n) is 3.50. The van der Waals surface area contributed by atoms with Crippen LogP contribution in [0.4, 0.5) is 0 Å². The molecule has 0 bridgehead atoms. The molecule has 1 fully saturated rings. The van der Waals surface area contributed by atoms with Crippen molar-refractivity contribution in [3.05, 3.63) is 54.5 Å². The van der Waals surface area contributed by atoms with Gasteiger partial charge in [0.15, 0.2) is 12.3 Å². The quantitative estimate of drug-likeness (QED) is 0.661. The lowest BCUT2D eigenvalue weighted by atomic mass is 10.1. The van der Waals surface area contributed by atoms with Crippen molar-refractivity contribution >= 4 is 22.6 Å². The number of carbonyl (C=O) groups is 2. The SMILES string of the molecule is CCN1CCN(C(=O)c2coc(COc3cccc4cnccc34)n2)[C@H](C)C1=O. The Morgan fingerprint density at radius 3 is 3.00 bits per heavy atom. The van der Waals surface area contributed by atoms with Gasteiger partial charge in [0.1, 0.15) is 18.1 Å². The minimum Gasteiger partial charge on any atom is -0.483 e. The molecule has 0 N–H and O–H groups in total. The van der Waals surface area contributed by atoms with Crippen molar-refractivity contribution in [2.24, 2.45) is 0 Å². The predicted octanol–water partition coefficient (Wildman–Crippen LogP) is 2.49. The fraction of sp³-hybridized carbons (Fsp3) is 0.333. The van der Waals surface area contributed by atoms with Crippen LogP contribution < -0.4 is 4.74 Å². The molecule has 0 aliphatic carbocycles. The van der Waals surface area contributed by atoms with Crippen LogP contribution in [0.15, 0.2) is 47.3 Å². The Bertz CT molecular complexity index is 1040. The molecule has 4 rings (SSSR count). The van der Waals surface area contributed by atoms with Gasteiger partial charge in [-0.2, -0.15) is 0 Å². The predicted molar refractivity (Wildman–Crippen MR) is 105 cm³/mol. The van der Waals surface area contributed by atoms with Gasteiger partial charge in [-0.3, -0.25) is 14.6 Å². The summed E-state index contributed by atoms with van der Waals surface area (Å²) in [6.07, 6.45) is 4.79. The number of ether oxygens (including phenoxy) is 1. The summed E-state index contributed by atoms with van der Waals surface area (Å²) in [5.41, 5.74) is 0.176. The van der Waals surface area contributed by atoms with E-state index in [9.17, 15) is 9.59 Å². The van der Waals surface area contributed by atoms with Gasteiger partial charge in [-0.05, 0) is 26.0 Å². The van der Waals surface area contributed by atoms with E-state index in [-0.39, 0.29) is 24.1 Å². The molecule has 29 heavy (non-hydrogen) atoms. The van der Waals surface area contributed by atoms with E-state index in [0.717, 1.165) is 10.8 Å². The molecular weight excluding hydrogens is 372 g/mol. The third-order valence-corrected chi connectivity index (χ3v) is 5.15. The second kappa shape index (κ2) is 7.90. The van der Waals surface area contributed by atoms with Gasteiger partial charge in [0.05, 0.1) is 0 Å². The summed E-state index contributed by atoms with van der Waals surface area (Å²) >= 11 is 0. The molecule has 3 aromatic rings. The molecule has 0 saturated carbocycles. The zero-order valence-electron chi connectivity index (χ0n) is 16.4. The molecule has 8 nitrogen and oxygen atoms in total. The summed E-state index contributed by atoms with van der Waals surface area (Å²) in [6.45, 7) is 5.39. The molecule has 0 unspecified atom stereocenters. The van der Waals surface area contributed by atoms with Crippen molar-refractivity contribution < 1.29 is 18.7 Å². The van der Waals surface area contributed by atoms with Crippen LogP contribution in [0, 0.1) is 0 Å². The lowest BCUT2D eigenvalue weighted by Gasteiger charge is -2.38. The van der Waals surface area contributed by atoms with Crippen LogP contribution >= 0.6 is 0 Å². The first-order valence-electron chi connectivity index (χ1n) is 9.58. The number of oxazole rings is 1. The molecule has 1 atom stereocenters. The Labute approximate surface area is 168 Å². The molecule has 2 aromatic heterocycles. The first-order chi connectivity index (χ1) is 14.1. The van der Waals surface area contributed by atoms with E-state index in [0.29, 0.717) is 31.3 Å². The van der Waals surface area contributed by atoms with Crippen LogP contribution in [-0.4, -0.2) is 57.3 Å². The highest BCUT2D eigenvalue weighted by Gasteiger charge is 2.35. The van der Waals surface area contributed by atoms with Crippen molar-refractivity contribution in [2.45, 2.75) is 26.5 Å². The van der Waals surface area contributed by atoms with Crippen molar-refractivity contribution in [3.8, 4) is 5.75 Å². The van der Waals surface area contributed by atoms with Crippen LogP contribution in [-0.2, 0) is 11.4 Å². The molecule has 3 heterocycles. The molecule has 1 aromatic carbocycles. The minimum atomic E-state index is -0.517. The standard InChI is InChI=1S/C21H22N4O4/c1-3-24-9-10-25(14(2)20(24)26)21(27)17-12-29-19(23-17)13-28-18-6-4-5-15-11-22-8-7-16(15)18/h4-8,11-12,14H,3,9-10,13H2,1-2H3/t14-/m1/s1. The lowest BCUT2D eigenvalue weighted by molar-refractivity contribution is -0.139. The number of nitrogens with zero attached hydrogens (tertiary/aromatic N) is 4. The molecule has 1 aliphatic heterocycles. The molecule has 1 aliphatic rings. The summed E-state index contributed by atoms with van der Waals surface area (Å²) in [5, 5.41) is 1.91. The van der Waals surface area contributed by atoms with E-state index in [1.807, 2.05) is 31.2 Å². The second-order valence-corrected chi connectivity index (χ2v) is 6.86. The number of carbonyl (C=O) groups excluding carboxylic acids is 2. The lowest BCUT2D eigenvalue weighted by Crippen LogP contribution is -2.57. The van der Waals surface area contributed by atoms with Crippen molar-refractivity contribution in [3.63, 3.8) is 0 Å².